The molecule has 1 heterocycles. The Hall–Kier alpha value is -2.83. The minimum Gasteiger partial charge on any atom is -0.493 e. The molecule has 0 radical (unpaired) electrons. The molecule has 1 saturated heterocycles. The third-order valence-corrected chi connectivity index (χ3v) is 4.84. The molecule has 1 N–H and O–H groups in total. The van der Waals surface area contributed by atoms with Crippen molar-refractivity contribution in [3.05, 3.63) is 35.9 Å². The molecule has 7 nitrogen and oxygen atoms in total. The number of hydrogen-bond donors (Lipinski definition) is 1. The van der Waals surface area contributed by atoms with E-state index in [0.717, 1.165) is 10.5 Å². The first-order valence-corrected chi connectivity index (χ1v) is 8.53. The van der Waals surface area contributed by atoms with Crippen molar-refractivity contribution in [3.63, 3.8) is 0 Å². The van der Waals surface area contributed by atoms with Gasteiger partial charge in [0.15, 0.2) is 11.5 Å². The molecule has 3 rings (SSSR count). The van der Waals surface area contributed by atoms with E-state index in [1.54, 1.807) is 26.4 Å². The van der Waals surface area contributed by atoms with E-state index in [2.05, 4.69) is 5.32 Å². The highest BCUT2D eigenvalue weighted by molar-refractivity contribution is 6.07. The van der Waals surface area contributed by atoms with Crippen LogP contribution in [0.25, 0.3) is 0 Å². The summed E-state index contributed by atoms with van der Waals surface area (Å²) in [4.78, 5) is 38.1. The summed E-state index contributed by atoms with van der Waals surface area (Å²) >= 11 is 0. The first-order valence-electron chi connectivity index (χ1n) is 8.53. The van der Waals surface area contributed by atoms with Crippen molar-refractivity contribution in [2.24, 2.45) is 11.8 Å². The van der Waals surface area contributed by atoms with Gasteiger partial charge in [0.2, 0.25) is 17.7 Å². The SMILES string of the molecule is COc1ccc(CNC(=O)CN2C(=O)[C@H]3CC=CC[C@@H]3C2=O)cc1OC. The second-order valence-electron chi connectivity index (χ2n) is 6.38. The molecule has 7 heteroatoms. The van der Waals surface area contributed by atoms with Crippen LogP contribution in [0.5, 0.6) is 11.5 Å². The molecule has 1 aromatic carbocycles. The fraction of sp³-hybridized carbons (Fsp3) is 0.421. The summed E-state index contributed by atoms with van der Waals surface area (Å²) in [5, 5.41) is 2.74. The lowest BCUT2D eigenvalue weighted by atomic mass is 9.85. The molecule has 1 aliphatic carbocycles. The van der Waals surface area contributed by atoms with Gasteiger partial charge in [-0.25, -0.2) is 0 Å². The second kappa shape index (κ2) is 7.59. The Morgan fingerprint density at radius 3 is 2.27 bits per heavy atom. The lowest BCUT2D eigenvalue weighted by Gasteiger charge is -2.15. The number of carbonyl (C=O) groups is 3. The Kier molecular flexibility index (Phi) is 5.25. The third kappa shape index (κ3) is 3.42. The standard InChI is InChI=1S/C19H22N2O5/c1-25-15-8-7-12(9-16(15)26-2)10-20-17(22)11-21-18(23)13-5-3-4-6-14(13)19(21)24/h3-4,7-9,13-14H,5-6,10-11H2,1-2H3,(H,20,22)/t13-,14-/m0/s1. The zero-order valence-corrected chi connectivity index (χ0v) is 14.9. The number of methoxy groups -OCH3 is 2. The molecule has 0 spiro atoms. The number of nitrogens with one attached hydrogen (secondary N) is 1. The summed E-state index contributed by atoms with van der Waals surface area (Å²) < 4.78 is 10.4. The first kappa shape index (κ1) is 18.0. The molecule has 26 heavy (non-hydrogen) atoms. The Morgan fingerprint density at radius 1 is 1.08 bits per heavy atom. The number of rotatable bonds is 6. The van der Waals surface area contributed by atoms with Gasteiger partial charge in [0.1, 0.15) is 6.54 Å². The highest BCUT2D eigenvalue weighted by Gasteiger charge is 2.47. The highest BCUT2D eigenvalue weighted by Crippen LogP contribution is 2.34. The van der Waals surface area contributed by atoms with Gasteiger partial charge in [0, 0.05) is 6.54 Å². The molecule has 2 aliphatic rings. The second-order valence-corrected chi connectivity index (χ2v) is 6.38. The lowest BCUT2D eigenvalue weighted by Crippen LogP contribution is -2.40. The van der Waals surface area contributed by atoms with Gasteiger partial charge in [0.25, 0.3) is 0 Å². The van der Waals surface area contributed by atoms with Crippen molar-refractivity contribution in [3.8, 4) is 11.5 Å². The fourth-order valence-electron chi connectivity index (χ4n) is 3.42. The number of likely N-dealkylation sites (tertiary alicyclic amines) is 1. The van der Waals surface area contributed by atoms with Crippen LogP contribution < -0.4 is 14.8 Å². The van der Waals surface area contributed by atoms with E-state index in [4.69, 9.17) is 9.47 Å². The van der Waals surface area contributed by atoms with Crippen LogP contribution in [0.15, 0.2) is 30.4 Å². The van der Waals surface area contributed by atoms with Crippen molar-refractivity contribution >= 4 is 17.7 Å². The Bertz CT molecular complexity index is 732. The number of carbonyl (C=O) groups excluding carboxylic acids is 3. The molecule has 1 fully saturated rings. The van der Waals surface area contributed by atoms with E-state index in [9.17, 15) is 14.4 Å². The molecule has 1 aliphatic heterocycles. The summed E-state index contributed by atoms with van der Waals surface area (Å²) in [7, 11) is 3.09. The predicted octanol–water partition coefficient (Wildman–Crippen LogP) is 1.27. The van der Waals surface area contributed by atoms with Crippen LogP contribution in [0.1, 0.15) is 18.4 Å². The van der Waals surface area contributed by atoms with E-state index in [-0.39, 0.29) is 42.6 Å². The normalized spacial score (nSPS) is 21.5. The maximum atomic E-state index is 12.4. The average molecular weight is 358 g/mol. The number of ether oxygens (including phenoxy) is 2. The largest absolute Gasteiger partial charge is 0.493 e. The molecule has 0 unspecified atom stereocenters. The van der Waals surface area contributed by atoms with Crippen LogP contribution >= 0.6 is 0 Å². The Morgan fingerprint density at radius 2 is 1.69 bits per heavy atom. The van der Waals surface area contributed by atoms with Crippen LogP contribution in [0.4, 0.5) is 0 Å². The van der Waals surface area contributed by atoms with E-state index in [0.29, 0.717) is 24.3 Å². The third-order valence-electron chi connectivity index (χ3n) is 4.84. The number of benzene rings is 1. The van der Waals surface area contributed by atoms with E-state index in [1.807, 2.05) is 18.2 Å². The van der Waals surface area contributed by atoms with Gasteiger partial charge in [-0.1, -0.05) is 18.2 Å². The van der Waals surface area contributed by atoms with Crippen molar-refractivity contribution in [2.45, 2.75) is 19.4 Å². The number of nitrogens with zero attached hydrogens (tertiary/aromatic N) is 1. The van der Waals surface area contributed by atoms with Crippen LogP contribution in [0.2, 0.25) is 0 Å². The lowest BCUT2D eigenvalue weighted by molar-refractivity contribution is -0.143. The predicted molar refractivity (Wildman–Crippen MR) is 93.5 cm³/mol. The molecule has 1 aromatic rings. The maximum Gasteiger partial charge on any atom is 0.240 e. The highest BCUT2D eigenvalue weighted by atomic mass is 16.5. The number of imide groups is 1. The van der Waals surface area contributed by atoms with Crippen LogP contribution in [-0.2, 0) is 20.9 Å². The van der Waals surface area contributed by atoms with E-state index in [1.165, 1.54) is 0 Å². The number of hydrogen-bond acceptors (Lipinski definition) is 5. The van der Waals surface area contributed by atoms with Gasteiger partial charge >= 0.3 is 0 Å². The maximum absolute atomic E-state index is 12.4. The van der Waals surface area contributed by atoms with Crippen molar-refractivity contribution in [2.75, 3.05) is 20.8 Å². The average Bonchev–Trinajstić information content (AvgIpc) is 2.91. The van der Waals surface area contributed by atoms with Crippen LogP contribution in [0, 0.1) is 11.8 Å². The van der Waals surface area contributed by atoms with Gasteiger partial charge in [-0.3, -0.25) is 19.3 Å². The Labute approximate surface area is 151 Å². The summed E-state index contributed by atoms with van der Waals surface area (Å²) in [5.74, 6) is -0.311. The van der Waals surface area contributed by atoms with Crippen molar-refractivity contribution in [1.82, 2.24) is 10.2 Å². The smallest absolute Gasteiger partial charge is 0.240 e. The number of amides is 3. The van der Waals surface area contributed by atoms with Gasteiger partial charge in [-0.2, -0.15) is 0 Å². The summed E-state index contributed by atoms with van der Waals surface area (Å²) in [5.41, 5.74) is 0.827. The van der Waals surface area contributed by atoms with Crippen molar-refractivity contribution in [1.29, 1.82) is 0 Å². The van der Waals surface area contributed by atoms with Crippen LogP contribution in [-0.4, -0.2) is 43.4 Å². The molecular formula is C19H22N2O5. The minimum absolute atomic E-state index is 0.238. The molecule has 0 bridgehead atoms. The van der Waals surface area contributed by atoms with Gasteiger partial charge < -0.3 is 14.8 Å². The van der Waals surface area contributed by atoms with Gasteiger partial charge in [-0.15, -0.1) is 0 Å². The van der Waals surface area contributed by atoms with Gasteiger partial charge in [-0.05, 0) is 30.5 Å². The zero-order valence-electron chi connectivity index (χ0n) is 14.9. The topological polar surface area (TPSA) is 84.9 Å². The molecule has 3 amide bonds. The van der Waals surface area contributed by atoms with Gasteiger partial charge in [0.05, 0.1) is 26.1 Å². The quantitative estimate of drug-likeness (QED) is 0.611. The van der Waals surface area contributed by atoms with Crippen LogP contribution in [0.3, 0.4) is 0 Å². The first-order chi connectivity index (χ1) is 12.5. The monoisotopic (exact) mass is 358 g/mol. The molecule has 0 saturated carbocycles. The van der Waals surface area contributed by atoms with E-state index >= 15 is 0 Å². The summed E-state index contributed by atoms with van der Waals surface area (Å²) in [6.07, 6.45) is 4.98. The fourth-order valence-corrected chi connectivity index (χ4v) is 3.42. The summed E-state index contributed by atoms with van der Waals surface area (Å²) in [6.45, 7) is 0.0295. The van der Waals surface area contributed by atoms with Crippen molar-refractivity contribution < 1.29 is 23.9 Å². The Balaban J connectivity index is 1.58. The summed E-state index contributed by atoms with van der Waals surface area (Å²) in [6, 6.07) is 5.34. The minimum atomic E-state index is -0.368. The number of fused-ring (bicyclic) bond motifs is 1. The van der Waals surface area contributed by atoms with E-state index < -0.39 is 0 Å². The zero-order chi connectivity index (χ0) is 18.7. The molecule has 2 atom stereocenters. The molecule has 138 valence electrons. The number of allylic oxidation sites excluding steroid dienone is 2. The molecule has 0 aromatic heterocycles. The molecular weight excluding hydrogens is 336 g/mol.